The van der Waals surface area contributed by atoms with E-state index in [2.05, 4.69) is 4.72 Å². The van der Waals surface area contributed by atoms with Crippen LogP contribution in [0.5, 0.6) is 0 Å². The molecule has 6 nitrogen and oxygen atoms in total. The van der Waals surface area contributed by atoms with Gasteiger partial charge in [0.15, 0.2) is 0 Å². The van der Waals surface area contributed by atoms with Gasteiger partial charge in [-0.15, -0.1) is 0 Å². The molecule has 7 heteroatoms. The van der Waals surface area contributed by atoms with Gasteiger partial charge in [0.25, 0.3) is 5.91 Å². The van der Waals surface area contributed by atoms with E-state index in [1.54, 1.807) is 12.1 Å². The molecule has 0 radical (unpaired) electrons. The first-order valence-electron chi connectivity index (χ1n) is 9.56. The third-order valence-electron chi connectivity index (χ3n) is 5.02. The van der Waals surface area contributed by atoms with Gasteiger partial charge in [0, 0.05) is 31.3 Å². The summed E-state index contributed by atoms with van der Waals surface area (Å²) in [7, 11) is -3.66. The fourth-order valence-electron chi connectivity index (χ4n) is 3.55. The van der Waals surface area contributed by atoms with Crippen LogP contribution in [0.2, 0.25) is 0 Å². The standard InChI is InChI=1S/C19H28N2O4S/c22-19(21-11-4-2-1-3-5-12-21)16-8-6-10-18(14-16)26(23,24)20-17-9-7-13-25-15-17/h6,8,10,14,17,20H,1-5,7,9,11-13,15H2. The molecule has 1 aromatic carbocycles. The average Bonchev–Trinajstić information content (AvgIpc) is 2.62. The molecule has 2 aliphatic rings. The van der Waals surface area contributed by atoms with Crippen LogP contribution < -0.4 is 4.72 Å². The van der Waals surface area contributed by atoms with Crippen molar-refractivity contribution in [3.63, 3.8) is 0 Å². The first-order chi connectivity index (χ1) is 12.6. The zero-order chi connectivity index (χ0) is 18.4. The number of likely N-dealkylation sites (tertiary alicyclic amines) is 1. The van der Waals surface area contributed by atoms with E-state index >= 15 is 0 Å². The van der Waals surface area contributed by atoms with Crippen LogP contribution in [0.15, 0.2) is 29.2 Å². The Labute approximate surface area is 156 Å². The van der Waals surface area contributed by atoms with Crippen LogP contribution in [0.1, 0.15) is 55.3 Å². The third-order valence-corrected chi connectivity index (χ3v) is 6.53. The van der Waals surface area contributed by atoms with Gasteiger partial charge in [0.05, 0.1) is 11.5 Å². The number of benzene rings is 1. The fraction of sp³-hybridized carbons (Fsp3) is 0.632. The van der Waals surface area contributed by atoms with Crippen molar-refractivity contribution in [2.75, 3.05) is 26.3 Å². The van der Waals surface area contributed by atoms with E-state index in [9.17, 15) is 13.2 Å². The first-order valence-corrected chi connectivity index (χ1v) is 11.0. The second-order valence-electron chi connectivity index (χ2n) is 7.12. The normalized spacial score (nSPS) is 22.5. The number of amides is 1. The van der Waals surface area contributed by atoms with Crippen molar-refractivity contribution in [1.82, 2.24) is 9.62 Å². The molecule has 144 valence electrons. The molecule has 0 saturated carbocycles. The van der Waals surface area contributed by atoms with Crippen molar-refractivity contribution in [3.05, 3.63) is 29.8 Å². The Morgan fingerprint density at radius 2 is 1.81 bits per heavy atom. The van der Waals surface area contributed by atoms with Crippen LogP contribution in [0, 0.1) is 0 Å². The first kappa shape index (κ1) is 19.3. The summed E-state index contributed by atoms with van der Waals surface area (Å²) < 4.78 is 33.4. The van der Waals surface area contributed by atoms with E-state index in [0.29, 0.717) is 18.8 Å². The van der Waals surface area contributed by atoms with E-state index < -0.39 is 10.0 Å². The molecule has 0 aliphatic carbocycles. The average molecular weight is 381 g/mol. The number of carbonyl (C=O) groups excluding carboxylic acids is 1. The second kappa shape index (κ2) is 8.97. The van der Waals surface area contributed by atoms with Gasteiger partial charge in [-0.2, -0.15) is 0 Å². The van der Waals surface area contributed by atoms with Gasteiger partial charge >= 0.3 is 0 Å². The highest BCUT2D eigenvalue weighted by atomic mass is 32.2. The Bertz CT molecular complexity index is 706. The van der Waals surface area contributed by atoms with E-state index in [4.69, 9.17) is 4.74 Å². The number of rotatable bonds is 4. The van der Waals surface area contributed by atoms with Crippen molar-refractivity contribution >= 4 is 15.9 Å². The number of sulfonamides is 1. The predicted molar refractivity (Wildman–Crippen MR) is 99.6 cm³/mol. The molecular weight excluding hydrogens is 352 g/mol. The molecule has 1 unspecified atom stereocenters. The lowest BCUT2D eigenvalue weighted by atomic mass is 10.1. The van der Waals surface area contributed by atoms with Gasteiger partial charge in [-0.3, -0.25) is 4.79 Å². The van der Waals surface area contributed by atoms with Crippen LogP contribution in [0.4, 0.5) is 0 Å². The number of carbonyl (C=O) groups is 1. The maximum absolute atomic E-state index is 12.8. The summed E-state index contributed by atoms with van der Waals surface area (Å²) in [5.41, 5.74) is 0.438. The largest absolute Gasteiger partial charge is 0.380 e. The summed E-state index contributed by atoms with van der Waals surface area (Å²) in [6.07, 6.45) is 7.15. The summed E-state index contributed by atoms with van der Waals surface area (Å²) >= 11 is 0. The number of ether oxygens (including phenoxy) is 1. The molecule has 2 heterocycles. The smallest absolute Gasteiger partial charge is 0.253 e. The minimum absolute atomic E-state index is 0.0788. The Balaban J connectivity index is 1.72. The molecule has 1 aromatic rings. The topological polar surface area (TPSA) is 75.7 Å². The zero-order valence-corrected chi connectivity index (χ0v) is 16.0. The van der Waals surface area contributed by atoms with Gasteiger partial charge < -0.3 is 9.64 Å². The fourth-order valence-corrected chi connectivity index (χ4v) is 4.85. The van der Waals surface area contributed by atoms with Crippen LogP contribution in [-0.2, 0) is 14.8 Å². The monoisotopic (exact) mass is 380 g/mol. The highest BCUT2D eigenvalue weighted by Crippen LogP contribution is 2.18. The molecule has 2 aliphatic heterocycles. The molecule has 1 N–H and O–H groups in total. The van der Waals surface area contributed by atoms with Crippen LogP contribution in [-0.4, -0.2) is 51.6 Å². The second-order valence-corrected chi connectivity index (χ2v) is 8.84. The molecule has 3 rings (SSSR count). The van der Waals surface area contributed by atoms with Gasteiger partial charge in [-0.25, -0.2) is 13.1 Å². The summed E-state index contributed by atoms with van der Waals surface area (Å²) in [5, 5.41) is 0. The minimum atomic E-state index is -3.66. The molecule has 0 spiro atoms. The van der Waals surface area contributed by atoms with Crippen molar-refractivity contribution < 1.29 is 17.9 Å². The molecule has 0 bridgehead atoms. The van der Waals surface area contributed by atoms with E-state index in [-0.39, 0.29) is 16.8 Å². The summed E-state index contributed by atoms with van der Waals surface area (Å²) in [6.45, 7) is 2.56. The number of nitrogens with one attached hydrogen (secondary N) is 1. The Morgan fingerprint density at radius 3 is 2.50 bits per heavy atom. The van der Waals surface area contributed by atoms with E-state index in [1.165, 1.54) is 18.6 Å². The van der Waals surface area contributed by atoms with Gasteiger partial charge in [0.1, 0.15) is 0 Å². The summed E-state index contributed by atoms with van der Waals surface area (Å²) in [4.78, 5) is 14.8. The lowest BCUT2D eigenvalue weighted by Gasteiger charge is -2.25. The number of hydrogen-bond donors (Lipinski definition) is 1. The molecule has 1 amide bonds. The maximum Gasteiger partial charge on any atom is 0.253 e. The Hall–Kier alpha value is -1.44. The SMILES string of the molecule is O=C(c1cccc(S(=O)(=O)NC2CCCOC2)c1)N1CCCCCCC1. The zero-order valence-electron chi connectivity index (χ0n) is 15.2. The molecular formula is C19H28N2O4S. The van der Waals surface area contributed by atoms with Crippen LogP contribution in [0.25, 0.3) is 0 Å². The Kier molecular flexibility index (Phi) is 6.67. The molecule has 26 heavy (non-hydrogen) atoms. The van der Waals surface area contributed by atoms with Gasteiger partial charge in [-0.05, 0) is 43.9 Å². The lowest BCUT2D eigenvalue weighted by molar-refractivity contribution is 0.0742. The van der Waals surface area contributed by atoms with Crippen molar-refractivity contribution in [2.45, 2.75) is 55.9 Å². The van der Waals surface area contributed by atoms with Crippen LogP contribution in [0.3, 0.4) is 0 Å². The molecule has 2 saturated heterocycles. The van der Waals surface area contributed by atoms with Gasteiger partial charge in [-0.1, -0.05) is 25.3 Å². The molecule has 2 fully saturated rings. The van der Waals surface area contributed by atoms with E-state index in [0.717, 1.165) is 51.6 Å². The highest BCUT2D eigenvalue weighted by molar-refractivity contribution is 7.89. The minimum Gasteiger partial charge on any atom is -0.380 e. The van der Waals surface area contributed by atoms with Crippen molar-refractivity contribution in [2.24, 2.45) is 0 Å². The quantitative estimate of drug-likeness (QED) is 0.871. The highest BCUT2D eigenvalue weighted by Gasteiger charge is 2.24. The predicted octanol–water partition coefficient (Wildman–Crippen LogP) is 2.55. The Morgan fingerprint density at radius 1 is 1.08 bits per heavy atom. The third kappa shape index (κ3) is 5.05. The summed E-state index contributed by atoms with van der Waals surface area (Å²) in [6, 6.07) is 6.17. The number of nitrogens with zero attached hydrogens (tertiary/aromatic N) is 1. The lowest BCUT2D eigenvalue weighted by Crippen LogP contribution is -2.40. The van der Waals surface area contributed by atoms with Gasteiger partial charge in [0.2, 0.25) is 10.0 Å². The van der Waals surface area contributed by atoms with Crippen molar-refractivity contribution in [1.29, 1.82) is 0 Å². The van der Waals surface area contributed by atoms with Crippen LogP contribution >= 0.6 is 0 Å². The molecule has 0 aromatic heterocycles. The number of hydrogen-bond acceptors (Lipinski definition) is 4. The van der Waals surface area contributed by atoms with Crippen molar-refractivity contribution in [3.8, 4) is 0 Å². The maximum atomic E-state index is 12.8. The summed E-state index contributed by atoms with van der Waals surface area (Å²) in [5.74, 6) is -0.0788. The molecule has 1 atom stereocenters. The van der Waals surface area contributed by atoms with E-state index in [1.807, 2.05) is 4.90 Å².